The zero-order valence-electron chi connectivity index (χ0n) is 23.3. The number of carboxylic acids is 1. The van der Waals surface area contributed by atoms with Crippen molar-refractivity contribution in [3.63, 3.8) is 0 Å². The predicted octanol–water partition coefficient (Wildman–Crippen LogP) is -1.52. The Morgan fingerprint density at radius 3 is 2.00 bits per heavy atom. The first-order chi connectivity index (χ1) is 19.9. The molecule has 0 spiro atoms. The lowest BCUT2D eigenvalue weighted by atomic mass is 10.0. The van der Waals surface area contributed by atoms with Crippen LogP contribution in [0.1, 0.15) is 30.9 Å². The number of aliphatic imine (C=N–C) groups is 1. The quantitative estimate of drug-likeness (QED) is 0.0624. The van der Waals surface area contributed by atoms with Crippen molar-refractivity contribution in [1.29, 1.82) is 0 Å². The largest absolute Gasteiger partial charge is 0.508 e. The highest BCUT2D eigenvalue weighted by atomic mass is 16.4. The van der Waals surface area contributed by atoms with Gasteiger partial charge in [0.1, 0.15) is 23.9 Å². The third-order valence-corrected chi connectivity index (χ3v) is 6.27. The molecule has 5 atom stereocenters. The molecule has 228 valence electrons. The van der Waals surface area contributed by atoms with Crippen molar-refractivity contribution >= 4 is 29.7 Å². The molecule has 0 aliphatic carbocycles. The number of guanidine groups is 1. The number of phenols is 1. The van der Waals surface area contributed by atoms with Crippen molar-refractivity contribution in [2.75, 3.05) is 6.54 Å². The van der Waals surface area contributed by atoms with Crippen LogP contribution in [0.25, 0.3) is 0 Å². The number of hydrogen-bond acceptors (Lipinski definition) is 8. The normalized spacial score (nSPS) is 14.4. The molecule has 0 aromatic heterocycles. The summed E-state index contributed by atoms with van der Waals surface area (Å²) in [6.45, 7) is 1.44. The first kappa shape index (κ1) is 33.5. The molecule has 14 nitrogen and oxygen atoms in total. The Morgan fingerprint density at radius 1 is 0.833 bits per heavy atom. The fraction of sp³-hybridized carbons (Fsp3) is 0.393. The van der Waals surface area contributed by atoms with E-state index in [1.807, 2.05) is 6.07 Å². The van der Waals surface area contributed by atoms with Gasteiger partial charge in [-0.15, -0.1) is 0 Å². The summed E-state index contributed by atoms with van der Waals surface area (Å²) >= 11 is 0. The van der Waals surface area contributed by atoms with E-state index in [4.69, 9.17) is 17.2 Å². The fourth-order valence-electron chi connectivity index (χ4n) is 4.00. The number of aliphatic carboxylic acids is 1. The molecule has 0 saturated heterocycles. The third kappa shape index (κ3) is 11.4. The van der Waals surface area contributed by atoms with Gasteiger partial charge in [-0.05, 0) is 49.4 Å². The zero-order valence-corrected chi connectivity index (χ0v) is 23.3. The Kier molecular flexibility index (Phi) is 13.2. The van der Waals surface area contributed by atoms with E-state index in [1.54, 1.807) is 24.3 Å². The van der Waals surface area contributed by atoms with Gasteiger partial charge in [0.15, 0.2) is 5.96 Å². The molecule has 2 aromatic carbocycles. The molecule has 5 unspecified atom stereocenters. The average Bonchev–Trinajstić information content (AvgIpc) is 2.93. The number of phenolic OH excluding ortho intramolecular Hbond substituents is 1. The SMILES string of the molecule is CC(O)C(NC(=O)C(N)Cc1ccccc1)C(=O)NC(Cc1ccc(O)cc1)C(=O)NC(CCCN=C(N)N)C(=O)O. The molecule has 2 aromatic rings. The molecular formula is C28H39N7O7. The lowest BCUT2D eigenvalue weighted by Gasteiger charge is -2.26. The minimum absolute atomic E-state index is 0.00336. The number of aliphatic hydroxyl groups excluding tert-OH is 1. The number of amides is 3. The van der Waals surface area contributed by atoms with E-state index in [0.717, 1.165) is 5.56 Å². The summed E-state index contributed by atoms with van der Waals surface area (Å²) in [4.78, 5) is 54.9. The van der Waals surface area contributed by atoms with Gasteiger partial charge in [0, 0.05) is 13.0 Å². The van der Waals surface area contributed by atoms with Crippen LogP contribution in [0.15, 0.2) is 59.6 Å². The fourth-order valence-corrected chi connectivity index (χ4v) is 4.00. The van der Waals surface area contributed by atoms with Gasteiger partial charge in [0.2, 0.25) is 17.7 Å². The lowest BCUT2D eigenvalue weighted by molar-refractivity contribution is -0.142. The topological polar surface area (TPSA) is 255 Å². The number of hydrogen-bond donors (Lipinski definition) is 9. The predicted molar refractivity (Wildman–Crippen MR) is 155 cm³/mol. The molecule has 0 aliphatic heterocycles. The highest BCUT2D eigenvalue weighted by Gasteiger charge is 2.32. The monoisotopic (exact) mass is 585 g/mol. The van der Waals surface area contributed by atoms with Crippen molar-refractivity contribution in [1.82, 2.24) is 16.0 Å². The maximum Gasteiger partial charge on any atom is 0.326 e. The van der Waals surface area contributed by atoms with Crippen LogP contribution >= 0.6 is 0 Å². The van der Waals surface area contributed by atoms with Crippen LogP contribution < -0.4 is 33.2 Å². The Labute approximate surface area is 243 Å². The van der Waals surface area contributed by atoms with Gasteiger partial charge in [0.25, 0.3) is 0 Å². The number of nitrogens with zero attached hydrogens (tertiary/aromatic N) is 1. The first-order valence-electron chi connectivity index (χ1n) is 13.3. The molecule has 3 amide bonds. The number of carbonyl (C=O) groups excluding carboxylic acids is 3. The number of carbonyl (C=O) groups is 4. The number of aliphatic hydroxyl groups is 1. The number of nitrogens with two attached hydrogens (primary N) is 3. The van der Waals surface area contributed by atoms with Gasteiger partial charge in [0.05, 0.1) is 12.1 Å². The molecule has 12 N–H and O–H groups in total. The van der Waals surface area contributed by atoms with Crippen LogP contribution in [0.5, 0.6) is 5.75 Å². The van der Waals surface area contributed by atoms with E-state index in [1.165, 1.54) is 31.2 Å². The van der Waals surface area contributed by atoms with Gasteiger partial charge in [-0.1, -0.05) is 42.5 Å². The molecule has 0 aliphatic rings. The molecule has 42 heavy (non-hydrogen) atoms. The van der Waals surface area contributed by atoms with Gasteiger partial charge in [-0.3, -0.25) is 19.4 Å². The van der Waals surface area contributed by atoms with E-state index in [0.29, 0.717) is 5.56 Å². The Morgan fingerprint density at radius 2 is 1.43 bits per heavy atom. The maximum atomic E-state index is 13.3. The van der Waals surface area contributed by atoms with Gasteiger partial charge in [-0.25, -0.2) is 4.79 Å². The van der Waals surface area contributed by atoms with E-state index in [-0.39, 0.29) is 43.9 Å². The highest BCUT2D eigenvalue weighted by Crippen LogP contribution is 2.12. The molecule has 0 bridgehead atoms. The summed E-state index contributed by atoms with van der Waals surface area (Å²) in [5.41, 5.74) is 17.9. The summed E-state index contributed by atoms with van der Waals surface area (Å²) in [6.07, 6.45) is -1.01. The molecule has 2 rings (SSSR count). The van der Waals surface area contributed by atoms with Crippen LogP contribution in [0.3, 0.4) is 0 Å². The molecule has 14 heteroatoms. The van der Waals surface area contributed by atoms with Gasteiger partial charge in [-0.2, -0.15) is 0 Å². The molecule has 0 heterocycles. The van der Waals surface area contributed by atoms with Crippen LogP contribution in [0, 0.1) is 0 Å². The molecule has 0 radical (unpaired) electrons. The van der Waals surface area contributed by atoms with E-state index >= 15 is 0 Å². The maximum absolute atomic E-state index is 13.3. The van der Waals surface area contributed by atoms with Crippen molar-refractivity contribution in [2.45, 2.75) is 62.9 Å². The van der Waals surface area contributed by atoms with Gasteiger partial charge < -0.3 is 48.5 Å². The van der Waals surface area contributed by atoms with Crippen molar-refractivity contribution in [3.05, 3.63) is 65.7 Å². The Bertz CT molecular complexity index is 1220. The zero-order chi connectivity index (χ0) is 31.2. The molecule has 0 fully saturated rings. The number of nitrogens with one attached hydrogen (secondary N) is 3. The van der Waals surface area contributed by atoms with Crippen molar-refractivity contribution in [2.24, 2.45) is 22.2 Å². The summed E-state index contributed by atoms with van der Waals surface area (Å²) in [6, 6.07) is 9.74. The first-order valence-corrected chi connectivity index (χ1v) is 13.3. The van der Waals surface area contributed by atoms with Crippen LogP contribution in [-0.2, 0) is 32.0 Å². The second-order valence-corrected chi connectivity index (χ2v) is 9.80. The summed E-state index contributed by atoms with van der Waals surface area (Å²) in [5, 5.41) is 36.9. The minimum atomic E-state index is -1.47. The number of benzene rings is 2. The van der Waals surface area contributed by atoms with E-state index < -0.39 is 54.0 Å². The third-order valence-electron chi connectivity index (χ3n) is 6.27. The van der Waals surface area contributed by atoms with Crippen LogP contribution in [0.2, 0.25) is 0 Å². The van der Waals surface area contributed by atoms with E-state index in [2.05, 4.69) is 20.9 Å². The van der Waals surface area contributed by atoms with Crippen LogP contribution in [-0.4, -0.2) is 81.8 Å². The lowest BCUT2D eigenvalue weighted by Crippen LogP contribution is -2.60. The minimum Gasteiger partial charge on any atom is -0.508 e. The molecular weight excluding hydrogens is 546 g/mol. The smallest absolute Gasteiger partial charge is 0.326 e. The second kappa shape index (κ2) is 16.5. The summed E-state index contributed by atoms with van der Waals surface area (Å²) < 4.78 is 0. The second-order valence-electron chi connectivity index (χ2n) is 9.80. The highest BCUT2D eigenvalue weighted by molar-refractivity contribution is 5.94. The average molecular weight is 586 g/mol. The number of rotatable bonds is 16. The Hall–Kier alpha value is -4.69. The summed E-state index contributed by atoms with van der Waals surface area (Å²) in [7, 11) is 0. The standard InChI is InChI=1S/C28H39N7O7/c1-16(36)23(35-24(38)20(29)14-17-6-3-2-4-7-17)26(40)34-22(15-18-9-11-19(37)12-10-18)25(39)33-21(27(41)42)8-5-13-32-28(30)31/h2-4,6-7,9-12,16,20-23,36-37H,5,8,13-15,29H2,1H3,(H,33,39)(H,34,40)(H,35,38)(H,41,42)(H4,30,31,32). The van der Waals surface area contributed by atoms with Crippen LogP contribution in [0.4, 0.5) is 0 Å². The van der Waals surface area contributed by atoms with Gasteiger partial charge >= 0.3 is 5.97 Å². The van der Waals surface area contributed by atoms with Crippen molar-refractivity contribution < 1.29 is 34.5 Å². The van der Waals surface area contributed by atoms with Crippen molar-refractivity contribution in [3.8, 4) is 5.75 Å². The Balaban J connectivity index is 2.18. The number of carboxylic acid groups (broad SMARTS) is 1. The molecule has 0 saturated carbocycles. The summed E-state index contributed by atoms with van der Waals surface area (Å²) in [5.74, 6) is -3.86. The number of aromatic hydroxyl groups is 1. The van der Waals surface area contributed by atoms with E-state index in [9.17, 15) is 34.5 Å².